The number of amides is 1. The van der Waals surface area contributed by atoms with Gasteiger partial charge in [0.1, 0.15) is 23.2 Å². The van der Waals surface area contributed by atoms with Crippen molar-refractivity contribution >= 4 is 17.7 Å². The van der Waals surface area contributed by atoms with E-state index >= 15 is 0 Å². The van der Waals surface area contributed by atoms with Crippen LogP contribution in [0.3, 0.4) is 0 Å². The van der Waals surface area contributed by atoms with E-state index < -0.39 is 10.8 Å². The highest BCUT2D eigenvalue weighted by atomic mass is 16.6. The molecule has 0 aliphatic heterocycles. The van der Waals surface area contributed by atoms with Gasteiger partial charge < -0.3 is 9.73 Å². The van der Waals surface area contributed by atoms with E-state index in [1.165, 1.54) is 19.2 Å². The predicted molar refractivity (Wildman–Crippen MR) is 87.9 cm³/mol. The molecule has 24 heavy (non-hydrogen) atoms. The smallest absolute Gasteiger partial charge is 0.273 e. The third-order valence-electron chi connectivity index (χ3n) is 3.63. The molecule has 0 radical (unpaired) electrons. The van der Waals surface area contributed by atoms with Crippen LogP contribution in [-0.2, 0) is 4.79 Å². The SMILES string of the molecule is CNC(=O)/C(C#N)=C/c1ccc(-c2cc(C)c(C)c([N+](=O)[O-])c2)o1. The first kappa shape index (κ1) is 17.0. The minimum atomic E-state index is -0.516. The number of aryl methyl sites for hydroxylation is 1. The number of likely N-dealkylation sites (N-methyl/N-ethyl adjacent to an activating group) is 1. The summed E-state index contributed by atoms with van der Waals surface area (Å²) in [5, 5.41) is 22.5. The minimum Gasteiger partial charge on any atom is -0.457 e. The van der Waals surface area contributed by atoms with Gasteiger partial charge in [-0.2, -0.15) is 5.26 Å². The molecule has 7 nitrogen and oxygen atoms in total. The Balaban J connectivity index is 2.45. The zero-order valence-corrected chi connectivity index (χ0v) is 13.4. The maximum atomic E-state index is 11.5. The fourth-order valence-electron chi connectivity index (χ4n) is 2.18. The zero-order chi connectivity index (χ0) is 17.9. The number of nitriles is 1. The van der Waals surface area contributed by atoms with Crippen LogP contribution in [0.5, 0.6) is 0 Å². The van der Waals surface area contributed by atoms with Gasteiger partial charge in [0.05, 0.1) is 4.92 Å². The summed E-state index contributed by atoms with van der Waals surface area (Å²) < 4.78 is 5.60. The Labute approximate surface area is 138 Å². The first-order valence-corrected chi connectivity index (χ1v) is 7.07. The van der Waals surface area contributed by atoms with Gasteiger partial charge in [-0.05, 0) is 37.6 Å². The summed E-state index contributed by atoms with van der Waals surface area (Å²) >= 11 is 0. The van der Waals surface area contributed by atoms with E-state index in [2.05, 4.69) is 5.32 Å². The Morgan fingerprint density at radius 1 is 1.38 bits per heavy atom. The first-order chi connectivity index (χ1) is 11.4. The van der Waals surface area contributed by atoms with Crippen LogP contribution in [0, 0.1) is 35.3 Å². The molecule has 1 aromatic heterocycles. The molecule has 0 aliphatic rings. The highest BCUT2D eigenvalue weighted by molar-refractivity contribution is 6.01. The number of hydrogen-bond acceptors (Lipinski definition) is 5. The summed E-state index contributed by atoms with van der Waals surface area (Å²) in [7, 11) is 1.43. The Morgan fingerprint density at radius 2 is 2.08 bits per heavy atom. The van der Waals surface area contributed by atoms with Gasteiger partial charge in [-0.15, -0.1) is 0 Å². The van der Waals surface area contributed by atoms with Crippen molar-refractivity contribution in [2.75, 3.05) is 7.05 Å². The van der Waals surface area contributed by atoms with Gasteiger partial charge in [-0.1, -0.05) is 0 Å². The molecule has 0 unspecified atom stereocenters. The number of carbonyl (C=O) groups is 1. The van der Waals surface area contributed by atoms with Gasteiger partial charge in [0.15, 0.2) is 0 Å². The van der Waals surface area contributed by atoms with Gasteiger partial charge in [-0.3, -0.25) is 14.9 Å². The molecule has 1 N–H and O–H groups in total. The second-order valence-corrected chi connectivity index (χ2v) is 5.15. The molecule has 1 heterocycles. The maximum absolute atomic E-state index is 11.5. The lowest BCUT2D eigenvalue weighted by molar-refractivity contribution is -0.385. The first-order valence-electron chi connectivity index (χ1n) is 7.07. The molecule has 7 heteroatoms. The second-order valence-electron chi connectivity index (χ2n) is 5.15. The van der Waals surface area contributed by atoms with E-state index in [0.29, 0.717) is 22.6 Å². The fraction of sp³-hybridized carbons (Fsp3) is 0.176. The molecule has 1 aromatic carbocycles. The van der Waals surface area contributed by atoms with Crippen LogP contribution >= 0.6 is 0 Å². The molecule has 0 atom stereocenters. The molecule has 0 saturated carbocycles. The van der Waals surface area contributed by atoms with Gasteiger partial charge in [0.25, 0.3) is 11.6 Å². The fourth-order valence-corrected chi connectivity index (χ4v) is 2.18. The topological polar surface area (TPSA) is 109 Å². The normalized spacial score (nSPS) is 11.0. The Hall–Kier alpha value is -3.40. The van der Waals surface area contributed by atoms with Crippen molar-refractivity contribution in [3.8, 4) is 17.4 Å². The third-order valence-corrected chi connectivity index (χ3v) is 3.63. The Morgan fingerprint density at radius 3 is 2.67 bits per heavy atom. The number of nitro groups is 1. The monoisotopic (exact) mass is 325 g/mol. The Bertz CT molecular complexity index is 888. The van der Waals surface area contributed by atoms with E-state index in [1.54, 1.807) is 38.1 Å². The summed E-state index contributed by atoms with van der Waals surface area (Å²) in [5.41, 5.74) is 1.85. The Kier molecular flexibility index (Phi) is 4.80. The number of furan rings is 1. The molecule has 2 rings (SSSR count). The predicted octanol–water partition coefficient (Wildman–Crippen LogP) is 3.12. The third kappa shape index (κ3) is 3.33. The summed E-state index contributed by atoms with van der Waals surface area (Å²) in [4.78, 5) is 22.2. The van der Waals surface area contributed by atoms with Gasteiger partial charge in [0.2, 0.25) is 0 Å². The molecule has 0 aliphatic carbocycles. The van der Waals surface area contributed by atoms with E-state index in [1.807, 2.05) is 0 Å². The van der Waals surface area contributed by atoms with E-state index in [-0.39, 0.29) is 11.3 Å². The highest BCUT2D eigenvalue weighted by Gasteiger charge is 2.16. The lowest BCUT2D eigenvalue weighted by atomic mass is 10.0. The van der Waals surface area contributed by atoms with Gasteiger partial charge >= 0.3 is 0 Å². The molecule has 0 bridgehead atoms. The van der Waals surface area contributed by atoms with E-state index in [4.69, 9.17) is 9.68 Å². The van der Waals surface area contributed by atoms with Crippen LogP contribution in [0.15, 0.2) is 34.3 Å². The van der Waals surface area contributed by atoms with Gasteiger partial charge in [-0.25, -0.2) is 0 Å². The molecular formula is C17H15N3O4. The molecule has 0 fully saturated rings. The molecular weight excluding hydrogens is 310 g/mol. The van der Waals surface area contributed by atoms with Crippen molar-refractivity contribution in [1.29, 1.82) is 5.26 Å². The lowest BCUT2D eigenvalue weighted by Gasteiger charge is -2.04. The van der Waals surface area contributed by atoms with Crippen molar-refractivity contribution < 1.29 is 14.1 Å². The summed E-state index contributed by atoms with van der Waals surface area (Å²) in [6.45, 7) is 3.48. The van der Waals surface area contributed by atoms with Crippen LogP contribution in [0.1, 0.15) is 16.9 Å². The van der Waals surface area contributed by atoms with Crippen molar-refractivity contribution in [1.82, 2.24) is 5.32 Å². The molecule has 0 saturated heterocycles. The number of nitrogens with zero attached hydrogens (tertiary/aromatic N) is 2. The number of nitrogens with one attached hydrogen (secondary N) is 1. The number of nitro benzene ring substituents is 1. The number of carbonyl (C=O) groups excluding carboxylic acids is 1. The standard InChI is InChI=1S/C17H15N3O4/c1-10-6-12(8-15(11(10)2)20(22)23)16-5-4-14(24-16)7-13(9-18)17(21)19-3/h4-8H,1-3H3,(H,19,21)/b13-7+. The molecule has 122 valence electrons. The quantitative estimate of drug-likeness (QED) is 0.402. The van der Waals surface area contributed by atoms with Crippen molar-refractivity contribution in [2.24, 2.45) is 0 Å². The van der Waals surface area contributed by atoms with Crippen LogP contribution in [0.25, 0.3) is 17.4 Å². The van der Waals surface area contributed by atoms with E-state index in [0.717, 1.165) is 5.56 Å². The largest absolute Gasteiger partial charge is 0.457 e. The second kappa shape index (κ2) is 6.79. The van der Waals surface area contributed by atoms with Crippen molar-refractivity contribution in [3.63, 3.8) is 0 Å². The van der Waals surface area contributed by atoms with Crippen LogP contribution < -0.4 is 5.32 Å². The van der Waals surface area contributed by atoms with Crippen LogP contribution in [0.2, 0.25) is 0 Å². The number of hydrogen-bond donors (Lipinski definition) is 1. The van der Waals surface area contributed by atoms with Crippen molar-refractivity contribution in [3.05, 3.63) is 56.8 Å². The van der Waals surface area contributed by atoms with Gasteiger partial charge in [0, 0.05) is 30.3 Å². The highest BCUT2D eigenvalue weighted by Crippen LogP contribution is 2.31. The average Bonchev–Trinajstić information content (AvgIpc) is 3.02. The average molecular weight is 325 g/mol. The summed E-state index contributed by atoms with van der Waals surface area (Å²) in [5.74, 6) is 0.213. The summed E-state index contributed by atoms with van der Waals surface area (Å²) in [6, 6.07) is 8.26. The number of benzene rings is 1. The van der Waals surface area contributed by atoms with Crippen LogP contribution in [0.4, 0.5) is 5.69 Å². The molecule has 2 aromatic rings. The maximum Gasteiger partial charge on any atom is 0.273 e. The number of rotatable bonds is 4. The summed E-state index contributed by atoms with van der Waals surface area (Å²) in [6.07, 6.45) is 1.32. The van der Waals surface area contributed by atoms with Crippen LogP contribution in [-0.4, -0.2) is 17.9 Å². The lowest BCUT2D eigenvalue weighted by Crippen LogP contribution is -2.18. The van der Waals surface area contributed by atoms with E-state index in [9.17, 15) is 14.9 Å². The minimum absolute atomic E-state index is 0.0153. The van der Waals surface area contributed by atoms with Crippen molar-refractivity contribution in [2.45, 2.75) is 13.8 Å². The molecule has 1 amide bonds. The molecule has 0 spiro atoms. The zero-order valence-electron chi connectivity index (χ0n) is 13.4.